The molecule has 1 saturated carbocycles. The quantitative estimate of drug-likeness (QED) is 0.485. The number of thioether (sulfide) groups is 1. The van der Waals surface area contributed by atoms with E-state index in [4.69, 9.17) is 0 Å². The van der Waals surface area contributed by atoms with Gasteiger partial charge < -0.3 is 5.32 Å². The number of aryl methyl sites for hydroxylation is 1. The maximum Gasteiger partial charge on any atom is 0.283 e. The highest BCUT2D eigenvalue weighted by molar-refractivity contribution is 8.14. The molecule has 1 heterocycles. The Morgan fingerprint density at radius 2 is 1.80 bits per heavy atom. The molecule has 6 heteroatoms. The molecule has 2 aromatic carbocycles. The van der Waals surface area contributed by atoms with Crippen molar-refractivity contribution in [3.63, 3.8) is 0 Å². The number of hydrogen-bond donors (Lipinski definition) is 1. The van der Waals surface area contributed by atoms with Crippen molar-refractivity contribution in [2.45, 2.75) is 65.3 Å². The van der Waals surface area contributed by atoms with Crippen LogP contribution in [0, 0.1) is 12.8 Å². The van der Waals surface area contributed by atoms with E-state index in [-0.39, 0.29) is 23.6 Å². The first kappa shape index (κ1) is 25.2. The van der Waals surface area contributed by atoms with Crippen molar-refractivity contribution >= 4 is 40.5 Å². The Morgan fingerprint density at radius 1 is 1.11 bits per heavy atom. The maximum atomic E-state index is 13.4. The zero-order chi connectivity index (χ0) is 24.9. The summed E-state index contributed by atoms with van der Waals surface area (Å²) in [6.45, 7) is 8.54. The van der Waals surface area contributed by atoms with Crippen molar-refractivity contribution in [2.24, 2.45) is 10.9 Å². The summed E-state index contributed by atoms with van der Waals surface area (Å²) in [5.74, 6) is 1.00. The molecule has 4 rings (SSSR count). The number of aliphatic imine (C=N–C) groups is 1. The Morgan fingerprint density at radius 3 is 2.46 bits per heavy atom. The average Bonchev–Trinajstić information content (AvgIpc) is 3.15. The van der Waals surface area contributed by atoms with Gasteiger partial charge in [-0.05, 0) is 60.9 Å². The summed E-state index contributed by atoms with van der Waals surface area (Å²) in [5, 5.41) is 3.74. The number of amidine groups is 1. The molecule has 1 fully saturated rings. The van der Waals surface area contributed by atoms with Gasteiger partial charge in [0, 0.05) is 6.04 Å². The molecule has 184 valence electrons. The minimum Gasteiger partial charge on any atom is -0.352 e. The van der Waals surface area contributed by atoms with Crippen molar-refractivity contribution in [3.05, 3.63) is 70.9 Å². The molecule has 0 radical (unpaired) electrons. The van der Waals surface area contributed by atoms with Crippen LogP contribution in [-0.2, 0) is 9.59 Å². The van der Waals surface area contributed by atoms with Crippen LogP contribution in [0.4, 0.5) is 5.69 Å². The minimum atomic E-state index is -0.175. The maximum absolute atomic E-state index is 13.4. The molecule has 2 amide bonds. The minimum absolute atomic E-state index is 0.00513. The summed E-state index contributed by atoms with van der Waals surface area (Å²) in [4.78, 5) is 32.4. The van der Waals surface area contributed by atoms with Crippen LogP contribution in [-0.4, -0.2) is 28.8 Å². The third-order valence-electron chi connectivity index (χ3n) is 6.82. The molecule has 2 atom stereocenters. The predicted octanol–water partition coefficient (Wildman–Crippen LogP) is 6.29. The van der Waals surface area contributed by atoms with E-state index in [0.29, 0.717) is 22.7 Å². The number of benzene rings is 2. The summed E-state index contributed by atoms with van der Waals surface area (Å²) in [6, 6.07) is 16.3. The lowest BCUT2D eigenvalue weighted by Gasteiger charge is -2.29. The summed E-state index contributed by atoms with van der Waals surface area (Å²) < 4.78 is 0. The van der Waals surface area contributed by atoms with Gasteiger partial charge in [0.2, 0.25) is 5.91 Å². The van der Waals surface area contributed by atoms with Crippen LogP contribution in [0.1, 0.15) is 69.1 Å². The van der Waals surface area contributed by atoms with Crippen LogP contribution in [0.15, 0.2) is 59.2 Å². The highest BCUT2D eigenvalue weighted by atomic mass is 32.2. The van der Waals surface area contributed by atoms with Gasteiger partial charge in [-0.25, -0.2) is 4.99 Å². The lowest BCUT2D eigenvalue weighted by molar-refractivity contribution is -0.119. The van der Waals surface area contributed by atoms with Crippen LogP contribution < -0.4 is 10.2 Å². The van der Waals surface area contributed by atoms with Crippen LogP contribution in [0.2, 0.25) is 0 Å². The third-order valence-corrected chi connectivity index (χ3v) is 7.76. The molecule has 0 spiro atoms. The van der Waals surface area contributed by atoms with Gasteiger partial charge in [0.15, 0.2) is 5.17 Å². The van der Waals surface area contributed by atoms with E-state index in [1.54, 1.807) is 4.90 Å². The molecule has 2 aliphatic rings. The highest BCUT2D eigenvalue weighted by Crippen LogP contribution is 2.30. The molecule has 0 bridgehead atoms. The SMILES string of the molecule is Cc1ccc(N2C(=O)C(=Cc3ccc(C(C)C)cc3)N=C2SCC(=O)NC2CCCCC2C)cc1. The molecule has 2 aromatic rings. The zero-order valence-corrected chi connectivity index (χ0v) is 21.9. The number of anilines is 1. The first-order valence-electron chi connectivity index (χ1n) is 12.6. The smallest absolute Gasteiger partial charge is 0.283 e. The Balaban J connectivity index is 1.53. The van der Waals surface area contributed by atoms with E-state index in [2.05, 4.69) is 43.2 Å². The zero-order valence-electron chi connectivity index (χ0n) is 21.1. The molecular formula is C29H35N3O2S. The number of nitrogens with one attached hydrogen (secondary N) is 1. The average molecular weight is 490 g/mol. The lowest BCUT2D eigenvalue weighted by atomic mass is 9.86. The normalized spacial score (nSPS) is 21.5. The summed E-state index contributed by atoms with van der Waals surface area (Å²) in [5.41, 5.74) is 4.44. The standard InChI is InChI=1S/C29H35N3O2S/c1-19(2)23-13-11-22(12-14-23)17-26-28(34)32(24-15-9-20(3)10-16-24)29(31-26)35-18-27(33)30-25-8-6-5-7-21(25)4/h9-17,19,21,25H,5-8,18H2,1-4H3,(H,30,33). The first-order chi connectivity index (χ1) is 16.8. The van der Waals surface area contributed by atoms with Gasteiger partial charge in [-0.15, -0.1) is 0 Å². The van der Waals surface area contributed by atoms with E-state index in [9.17, 15) is 9.59 Å². The third kappa shape index (κ3) is 6.23. The Hall–Kier alpha value is -2.86. The molecule has 2 unspecified atom stereocenters. The van der Waals surface area contributed by atoms with Gasteiger partial charge in [0.1, 0.15) is 5.70 Å². The van der Waals surface area contributed by atoms with Crippen molar-refractivity contribution < 1.29 is 9.59 Å². The molecule has 0 saturated heterocycles. The molecule has 5 nitrogen and oxygen atoms in total. The molecule has 1 aliphatic heterocycles. The first-order valence-corrected chi connectivity index (χ1v) is 13.5. The van der Waals surface area contributed by atoms with Crippen molar-refractivity contribution in [3.8, 4) is 0 Å². The van der Waals surface area contributed by atoms with E-state index in [1.807, 2.05) is 49.4 Å². The number of amides is 2. The number of hydrogen-bond acceptors (Lipinski definition) is 4. The highest BCUT2D eigenvalue weighted by Gasteiger charge is 2.32. The molecular weight excluding hydrogens is 454 g/mol. The van der Waals surface area contributed by atoms with E-state index in [0.717, 1.165) is 36.1 Å². The van der Waals surface area contributed by atoms with Gasteiger partial charge in [-0.3, -0.25) is 14.5 Å². The van der Waals surface area contributed by atoms with Gasteiger partial charge in [0.05, 0.1) is 11.4 Å². The summed E-state index contributed by atoms with van der Waals surface area (Å²) >= 11 is 1.32. The molecule has 1 aliphatic carbocycles. The Kier molecular flexibility index (Phi) is 8.11. The van der Waals surface area contributed by atoms with Crippen LogP contribution >= 0.6 is 11.8 Å². The molecule has 1 N–H and O–H groups in total. The number of carbonyl (C=O) groups excluding carboxylic acids is 2. The lowest BCUT2D eigenvalue weighted by Crippen LogP contribution is -2.42. The van der Waals surface area contributed by atoms with Crippen LogP contribution in [0.5, 0.6) is 0 Å². The largest absolute Gasteiger partial charge is 0.352 e. The van der Waals surface area contributed by atoms with E-state index in [1.165, 1.54) is 23.7 Å². The second-order valence-corrected chi connectivity index (χ2v) is 10.9. The van der Waals surface area contributed by atoms with Gasteiger partial charge in [0.25, 0.3) is 5.91 Å². The second kappa shape index (κ2) is 11.3. The number of nitrogens with zero attached hydrogens (tertiary/aromatic N) is 2. The van der Waals surface area contributed by atoms with Gasteiger partial charge in [-0.2, -0.15) is 0 Å². The fourth-order valence-corrected chi connectivity index (χ4v) is 5.38. The summed E-state index contributed by atoms with van der Waals surface area (Å²) in [7, 11) is 0. The van der Waals surface area contributed by atoms with Gasteiger partial charge >= 0.3 is 0 Å². The monoisotopic (exact) mass is 489 g/mol. The van der Waals surface area contributed by atoms with Crippen molar-refractivity contribution in [2.75, 3.05) is 10.7 Å². The van der Waals surface area contributed by atoms with Crippen LogP contribution in [0.25, 0.3) is 6.08 Å². The van der Waals surface area contributed by atoms with Crippen molar-refractivity contribution in [1.29, 1.82) is 0 Å². The fourth-order valence-electron chi connectivity index (χ4n) is 4.56. The fraction of sp³-hybridized carbons (Fsp3) is 0.414. The van der Waals surface area contributed by atoms with E-state index >= 15 is 0 Å². The van der Waals surface area contributed by atoms with Gasteiger partial charge in [-0.1, -0.05) is 87.3 Å². The number of carbonyl (C=O) groups is 2. The predicted molar refractivity (Wildman–Crippen MR) is 147 cm³/mol. The Bertz CT molecular complexity index is 1120. The topological polar surface area (TPSA) is 61.8 Å². The van der Waals surface area contributed by atoms with E-state index < -0.39 is 0 Å². The Labute approximate surface area is 213 Å². The van der Waals surface area contributed by atoms with Crippen LogP contribution in [0.3, 0.4) is 0 Å². The molecule has 0 aromatic heterocycles. The van der Waals surface area contributed by atoms with Crippen molar-refractivity contribution in [1.82, 2.24) is 5.32 Å². The summed E-state index contributed by atoms with van der Waals surface area (Å²) in [6.07, 6.45) is 6.42. The molecule has 35 heavy (non-hydrogen) atoms. The second-order valence-electron chi connectivity index (χ2n) is 9.95. The number of rotatable bonds is 6.